The van der Waals surface area contributed by atoms with Crippen molar-refractivity contribution in [2.45, 2.75) is 13.5 Å². The van der Waals surface area contributed by atoms with Crippen molar-refractivity contribution in [1.82, 2.24) is 10.1 Å². The first-order valence-electron chi connectivity index (χ1n) is 7.44. The predicted octanol–water partition coefficient (Wildman–Crippen LogP) is 4.69. The summed E-state index contributed by atoms with van der Waals surface area (Å²) >= 11 is 7.43. The van der Waals surface area contributed by atoms with Crippen LogP contribution < -0.4 is 4.90 Å². The molecule has 6 nitrogen and oxygen atoms in total. The molecular formula is C17H12ClN3O3S. The second kappa shape index (κ2) is 6.34. The number of benzene rings is 1. The molecule has 0 atom stereocenters. The van der Waals surface area contributed by atoms with Gasteiger partial charge < -0.3 is 8.94 Å². The summed E-state index contributed by atoms with van der Waals surface area (Å²) in [5.74, 6) is 0.904. The van der Waals surface area contributed by atoms with Crippen molar-refractivity contribution in [2.75, 3.05) is 4.90 Å². The van der Waals surface area contributed by atoms with E-state index in [0.29, 0.717) is 21.7 Å². The molecule has 4 aromatic rings. The Morgan fingerprint density at radius 3 is 2.92 bits per heavy atom. The van der Waals surface area contributed by atoms with Crippen LogP contribution >= 0.6 is 22.9 Å². The number of carbonyl (C=O) groups is 1. The molecule has 4 rings (SSSR count). The summed E-state index contributed by atoms with van der Waals surface area (Å²) in [6, 6.07) is 10.6. The van der Waals surface area contributed by atoms with Gasteiger partial charge in [-0.25, -0.2) is 4.98 Å². The van der Waals surface area contributed by atoms with E-state index in [-0.39, 0.29) is 18.1 Å². The molecule has 0 N–H and O–H groups in total. The number of thiazole rings is 1. The third-order valence-corrected chi connectivity index (χ3v) is 4.83. The van der Waals surface area contributed by atoms with Crippen molar-refractivity contribution < 1.29 is 13.7 Å². The van der Waals surface area contributed by atoms with Crippen molar-refractivity contribution in [3.05, 3.63) is 64.9 Å². The number of rotatable bonds is 4. The number of nitrogens with zero attached hydrogens (tertiary/aromatic N) is 3. The number of anilines is 1. The van der Waals surface area contributed by atoms with Crippen LogP contribution in [0.2, 0.25) is 5.02 Å². The van der Waals surface area contributed by atoms with Gasteiger partial charge in [-0.15, -0.1) is 0 Å². The van der Waals surface area contributed by atoms with Crippen LogP contribution in [0.3, 0.4) is 0 Å². The van der Waals surface area contributed by atoms with Crippen LogP contribution in [0.15, 0.2) is 51.6 Å². The molecule has 0 bridgehead atoms. The van der Waals surface area contributed by atoms with Crippen molar-refractivity contribution in [1.29, 1.82) is 0 Å². The highest BCUT2D eigenvalue weighted by molar-refractivity contribution is 7.22. The topological polar surface area (TPSA) is 72.4 Å². The number of furan rings is 1. The average Bonchev–Trinajstić information content (AvgIpc) is 3.31. The van der Waals surface area contributed by atoms with E-state index < -0.39 is 0 Å². The summed E-state index contributed by atoms with van der Waals surface area (Å²) in [6.07, 6.45) is 1.57. The largest absolute Gasteiger partial charge is 0.467 e. The highest BCUT2D eigenvalue weighted by atomic mass is 35.5. The predicted molar refractivity (Wildman–Crippen MR) is 95.1 cm³/mol. The van der Waals surface area contributed by atoms with Gasteiger partial charge in [0.25, 0.3) is 5.91 Å². The van der Waals surface area contributed by atoms with Gasteiger partial charge in [0.05, 0.1) is 23.0 Å². The summed E-state index contributed by atoms with van der Waals surface area (Å²) in [6.45, 7) is 1.98. The molecule has 0 aliphatic carbocycles. The molecule has 3 aromatic heterocycles. The molecule has 0 saturated carbocycles. The molecular weight excluding hydrogens is 362 g/mol. The maximum absolute atomic E-state index is 12.9. The molecule has 126 valence electrons. The number of carbonyl (C=O) groups excluding carboxylic acids is 1. The minimum Gasteiger partial charge on any atom is -0.467 e. The van der Waals surface area contributed by atoms with Gasteiger partial charge in [-0.1, -0.05) is 28.1 Å². The zero-order chi connectivity index (χ0) is 17.4. The lowest BCUT2D eigenvalue weighted by Crippen LogP contribution is -2.30. The van der Waals surface area contributed by atoms with Crippen LogP contribution in [0.1, 0.15) is 22.0 Å². The first-order valence-corrected chi connectivity index (χ1v) is 8.63. The standard InChI is InChI=1S/C17H12ClN3O3S/c1-10-7-14(20-24-10)16(22)21(9-12-3-2-6-23-12)17-19-13-5-4-11(18)8-15(13)25-17/h2-8H,9H2,1H3. The van der Waals surface area contributed by atoms with Gasteiger partial charge in [0.1, 0.15) is 11.5 Å². The van der Waals surface area contributed by atoms with Gasteiger partial charge in [0.15, 0.2) is 10.8 Å². The van der Waals surface area contributed by atoms with Crippen molar-refractivity contribution in [2.24, 2.45) is 0 Å². The molecule has 0 saturated heterocycles. The minimum atomic E-state index is -0.307. The van der Waals surface area contributed by atoms with E-state index in [2.05, 4.69) is 10.1 Å². The van der Waals surface area contributed by atoms with Gasteiger partial charge in [-0.2, -0.15) is 0 Å². The van der Waals surface area contributed by atoms with E-state index in [1.54, 1.807) is 37.5 Å². The summed E-state index contributed by atoms with van der Waals surface area (Å²) in [7, 11) is 0. The fraction of sp³-hybridized carbons (Fsp3) is 0.118. The number of halogens is 1. The fourth-order valence-corrected chi connectivity index (χ4v) is 3.63. The number of amides is 1. The second-order valence-corrected chi connectivity index (χ2v) is 6.85. The van der Waals surface area contributed by atoms with E-state index in [9.17, 15) is 4.79 Å². The number of hydrogen-bond donors (Lipinski definition) is 0. The first kappa shape index (κ1) is 15.9. The van der Waals surface area contributed by atoms with Crippen molar-refractivity contribution >= 4 is 44.2 Å². The van der Waals surface area contributed by atoms with E-state index in [1.807, 2.05) is 12.1 Å². The Bertz CT molecular complexity index is 1040. The molecule has 0 spiro atoms. The quantitative estimate of drug-likeness (QED) is 0.519. The Hall–Kier alpha value is -2.64. The van der Waals surface area contributed by atoms with Gasteiger partial charge in [-0.3, -0.25) is 9.69 Å². The molecule has 1 amide bonds. The van der Waals surface area contributed by atoms with Crippen LogP contribution in [-0.4, -0.2) is 16.0 Å². The third-order valence-electron chi connectivity index (χ3n) is 3.56. The van der Waals surface area contributed by atoms with Crippen molar-refractivity contribution in [3.8, 4) is 0 Å². The highest BCUT2D eigenvalue weighted by Gasteiger charge is 2.25. The number of hydrogen-bond acceptors (Lipinski definition) is 6. The van der Waals surface area contributed by atoms with E-state index >= 15 is 0 Å². The Morgan fingerprint density at radius 1 is 1.32 bits per heavy atom. The van der Waals surface area contributed by atoms with Gasteiger partial charge >= 0.3 is 0 Å². The Balaban J connectivity index is 1.76. The molecule has 1 aromatic carbocycles. The number of aromatic nitrogens is 2. The summed E-state index contributed by atoms with van der Waals surface area (Å²) in [4.78, 5) is 19.0. The average molecular weight is 374 g/mol. The number of fused-ring (bicyclic) bond motifs is 1. The van der Waals surface area contributed by atoms with Gasteiger partial charge in [0.2, 0.25) is 0 Å². The monoisotopic (exact) mass is 373 g/mol. The molecule has 0 aliphatic heterocycles. The SMILES string of the molecule is Cc1cc(C(=O)N(Cc2ccco2)c2nc3ccc(Cl)cc3s2)no1. The Kier molecular flexibility index (Phi) is 4.03. The lowest BCUT2D eigenvalue weighted by atomic mass is 10.3. The molecule has 0 aliphatic rings. The normalized spacial score (nSPS) is 11.1. The lowest BCUT2D eigenvalue weighted by molar-refractivity contribution is 0.0974. The Morgan fingerprint density at radius 2 is 2.20 bits per heavy atom. The molecule has 3 heterocycles. The van der Waals surface area contributed by atoms with E-state index in [0.717, 1.165) is 10.2 Å². The van der Waals surface area contributed by atoms with E-state index in [1.165, 1.54) is 16.2 Å². The number of aryl methyl sites for hydroxylation is 1. The van der Waals surface area contributed by atoms with Crippen LogP contribution in [0, 0.1) is 6.92 Å². The zero-order valence-electron chi connectivity index (χ0n) is 13.1. The molecule has 0 fully saturated rings. The van der Waals surface area contributed by atoms with Crippen LogP contribution in [0.25, 0.3) is 10.2 Å². The summed E-state index contributed by atoms with van der Waals surface area (Å²) in [5.41, 5.74) is 0.999. The zero-order valence-corrected chi connectivity index (χ0v) is 14.7. The second-order valence-electron chi connectivity index (χ2n) is 5.40. The smallest absolute Gasteiger partial charge is 0.282 e. The first-order chi connectivity index (χ1) is 12.1. The van der Waals surface area contributed by atoms with Gasteiger partial charge in [0, 0.05) is 11.1 Å². The van der Waals surface area contributed by atoms with E-state index in [4.69, 9.17) is 20.5 Å². The lowest BCUT2D eigenvalue weighted by Gasteiger charge is -2.17. The molecule has 0 radical (unpaired) electrons. The summed E-state index contributed by atoms with van der Waals surface area (Å²) in [5, 5.41) is 4.98. The van der Waals surface area contributed by atoms with Crippen LogP contribution in [0.4, 0.5) is 5.13 Å². The molecule has 8 heteroatoms. The van der Waals surface area contributed by atoms with Gasteiger partial charge in [-0.05, 0) is 37.3 Å². The minimum absolute atomic E-state index is 0.223. The maximum Gasteiger partial charge on any atom is 0.282 e. The maximum atomic E-state index is 12.9. The molecule has 0 unspecified atom stereocenters. The highest BCUT2D eigenvalue weighted by Crippen LogP contribution is 2.32. The van der Waals surface area contributed by atoms with Crippen molar-refractivity contribution in [3.63, 3.8) is 0 Å². The summed E-state index contributed by atoms with van der Waals surface area (Å²) < 4.78 is 11.3. The van der Waals surface area contributed by atoms with Crippen LogP contribution in [-0.2, 0) is 6.54 Å². The van der Waals surface area contributed by atoms with Crippen LogP contribution in [0.5, 0.6) is 0 Å². The third kappa shape index (κ3) is 3.16. The fourth-order valence-electron chi connectivity index (χ4n) is 2.39. The molecule has 25 heavy (non-hydrogen) atoms. The Labute approximate surface area is 151 Å².